The van der Waals surface area contributed by atoms with Gasteiger partial charge in [-0.05, 0) is 12.8 Å². The number of allylic oxidation sites excluding steroid dienone is 1. The molecule has 1 N–H and O–H groups in total. The summed E-state index contributed by atoms with van der Waals surface area (Å²) in [5.41, 5.74) is 0. The Labute approximate surface area is 72.0 Å². The van der Waals surface area contributed by atoms with Gasteiger partial charge in [0.1, 0.15) is 12.2 Å². The molecule has 3 heteroatoms. The molecule has 1 heterocycles. The van der Waals surface area contributed by atoms with Gasteiger partial charge in [-0.15, -0.1) is 6.58 Å². The Morgan fingerprint density at radius 2 is 2.42 bits per heavy atom. The molecule has 1 rings (SSSR count). The molecule has 3 atom stereocenters. The van der Waals surface area contributed by atoms with Crippen LogP contribution in [-0.2, 0) is 9.53 Å². The fourth-order valence-corrected chi connectivity index (χ4v) is 1.44. The van der Waals surface area contributed by atoms with Crippen LogP contribution in [0.4, 0.5) is 0 Å². The van der Waals surface area contributed by atoms with Crippen LogP contribution in [0, 0.1) is 5.92 Å². The van der Waals surface area contributed by atoms with E-state index in [1.165, 1.54) is 0 Å². The van der Waals surface area contributed by atoms with Crippen molar-refractivity contribution in [3.8, 4) is 0 Å². The third-order valence-corrected chi connectivity index (χ3v) is 2.19. The van der Waals surface area contributed by atoms with E-state index in [0.717, 1.165) is 0 Å². The Balaban J connectivity index is 2.63. The maximum Gasteiger partial charge on any atom is 0.312 e. The number of cyclic esters (lactones) is 1. The second kappa shape index (κ2) is 3.72. The van der Waals surface area contributed by atoms with Crippen molar-refractivity contribution in [2.24, 2.45) is 5.92 Å². The lowest BCUT2D eigenvalue weighted by Crippen LogP contribution is -2.25. The van der Waals surface area contributed by atoms with Gasteiger partial charge in [-0.2, -0.15) is 0 Å². The summed E-state index contributed by atoms with van der Waals surface area (Å²) in [5.74, 6) is -0.693. The van der Waals surface area contributed by atoms with Crippen LogP contribution in [0.1, 0.15) is 19.8 Å². The summed E-state index contributed by atoms with van der Waals surface area (Å²) in [7, 11) is 0. The first-order valence-electron chi connectivity index (χ1n) is 4.20. The van der Waals surface area contributed by atoms with E-state index >= 15 is 0 Å². The summed E-state index contributed by atoms with van der Waals surface area (Å²) in [4.78, 5) is 11.1. The number of carbonyl (C=O) groups is 1. The van der Waals surface area contributed by atoms with E-state index in [4.69, 9.17) is 4.74 Å². The highest BCUT2D eigenvalue weighted by atomic mass is 16.6. The Morgan fingerprint density at radius 3 is 2.83 bits per heavy atom. The van der Waals surface area contributed by atoms with Crippen molar-refractivity contribution < 1.29 is 14.6 Å². The number of hydrogen-bond acceptors (Lipinski definition) is 3. The molecule has 0 amide bonds. The van der Waals surface area contributed by atoms with Gasteiger partial charge in [0.2, 0.25) is 0 Å². The van der Waals surface area contributed by atoms with Gasteiger partial charge >= 0.3 is 5.97 Å². The summed E-state index contributed by atoms with van der Waals surface area (Å²) in [5, 5.41) is 9.56. The van der Waals surface area contributed by atoms with Gasteiger partial charge in [0.15, 0.2) is 0 Å². The van der Waals surface area contributed by atoms with Crippen LogP contribution in [-0.4, -0.2) is 23.3 Å². The molecule has 1 saturated heterocycles. The van der Waals surface area contributed by atoms with Gasteiger partial charge in [-0.1, -0.05) is 13.0 Å². The Kier molecular flexibility index (Phi) is 2.87. The third kappa shape index (κ3) is 1.50. The average Bonchev–Trinajstić information content (AvgIpc) is 2.32. The zero-order chi connectivity index (χ0) is 9.14. The Morgan fingerprint density at radius 1 is 1.75 bits per heavy atom. The molecule has 2 unspecified atom stereocenters. The predicted molar refractivity (Wildman–Crippen MR) is 44.5 cm³/mol. The van der Waals surface area contributed by atoms with Crippen molar-refractivity contribution in [3.05, 3.63) is 12.7 Å². The number of aliphatic hydroxyl groups is 1. The zero-order valence-corrected chi connectivity index (χ0v) is 7.19. The minimum atomic E-state index is -0.652. The number of esters is 1. The molecule has 0 radical (unpaired) electrons. The van der Waals surface area contributed by atoms with Gasteiger partial charge in [0.25, 0.3) is 0 Å². The lowest BCUT2D eigenvalue weighted by atomic mass is 9.97. The smallest absolute Gasteiger partial charge is 0.312 e. The normalized spacial score (nSPS) is 34.8. The quantitative estimate of drug-likeness (QED) is 0.505. The van der Waals surface area contributed by atoms with Crippen molar-refractivity contribution in [3.63, 3.8) is 0 Å². The van der Waals surface area contributed by atoms with Crippen molar-refractivity contribution in [1.82, 2.24) is 0 Å². The topological polar surface area (TPSA) is 46.5 Å². The SMILES string of the molecule is C=CCC1C(=O)O[C@@H](CC)C1O. The van der Waals surface area contributed by atoms with Crippen molar-refractivity contribution in [1.29, 1.82) is 0 Å². The van der Waals surface area contributed by atoms with Crippen LogP contribution in [0.3, 0.4) is 0 Å². The molecule has 0 aromatic rings. The molecular formula is C9H14O3. The molecule has 12 heavy (non-hydrogen) atoms. The highest BCUT2D eigenvalue weighted by Gasteiger charge is 2.41. The maximum atomic E-state index is 11.1. The molecule has 0 saturated carbocycles. The first-order valence-corrected chi connectivity index (χ1v) is 4.20. The molecule has 0 spiro atoms. The first-order chi connectivity index (χ1) is 5.70. The summed E-state index contributed by atoms with van der Waals surface area (Å²) in [6.07, 6.45) is 1.83. The molecule has 1 fully saturated rings. The maximum absolute atomic E-state index is 11.1. The third-order valence-electron chi connectivity index (χ3n) is 2.19. The fourth-order valence-electron chi connectivity index (χ4n) is 1.44. The standard InChI is InChI=1S/C9H14O3/c1-3-5-6-8(10)7(4-2)12-9(6)11/h3,6-8,10H,1,4-5H2,2H3/t6?,7-,8?/m0/s1. The molecule has 1 aliphatic heterocycles. The molecule has 0 aromatic heterocycles. The monoisotopic (exact) mass is 170 g/mol. The van der Waals surface area contributed by atoms with Crippen LogP contribution < -0.4 is 0 Å². The van der Waals surface area contributed by atoms with Crippen LogP contribution >= 0.6 is 0 Å². The lowest BCUT2D eigenvalue weighted by Gasteiger charge is -2.11. The van der Waals surface area contributed by atoms with Crippen molar-refractivity contribution in [2.75, 3.05) is 0 Å². The summed E-state index contributed by atoms with van der Waals surface area (Å²) in [6, 6.07) is 0. The highest BCUT2D eigenvalue weighted by Crippen LogP contribution is 2.26. The average molecular weight is 170 g/mol. The van der Waals surface area contributed by atoms with Gasteiger partial charge in [0.05, 0.1) is 5.92 Å². The molecule has 0 aromatic carbocycles. The number of carbonyl (C=O) groups excluding carboxylic acids is 1. The van der Waals surface area contributed by atoms with E-state index in [1.54, 1.807) is 6.08 Å². The second-order valence-corrected chi connectivity index (χ2v) is 3.01. The Hall–Kier alpha value is -0.830. The van der Waals surface area contributed by atoms with Crippen LogP contribution in [0.2, 0.25) is 0 Å². The minimum Gasteiger partial charge on any atom is -0.459 e. The number of rotatable bonds is 3. The number of hydrogen-bond donors (Lipinski definition) is 1. The minimum absolute atomic E-state index is 0.297. The molecule has 68 valence electrons. The molecule has 1 aliphatic rings. The number of aliphatic hydroxyl groups excluding tert-OH is 1. The lowest BCUT2D eigenvalue weighted by molar-refractivity contribution is -0.144. The first kappa shape index (κ1) is 9.26. The zero-order valence-electron chi connectivity index (χ0n) is 7.19. The van der Waals surface area contributed by atoms with Crippen LogP contribution in [0.5, 0.6) is 0 Å². The fraction of sp³-hybridized carbons (Fsp3) is 0.667. The van der Waals surface area contributed by atoms with Crippen LogP contribution in [0.25, 0.3) is 0 Å². The largest absolute Gasteiger partial charge is 0.459 e. The predicted octanol–water partition coefficient (Wildman–Crippen LogP) is 0.875. The Bertz CT molecular complexity index is 188. The van der Waals surface area contributed by atoms with Gasteiger partial charge in [-0.3, -0.25) is 4.79 Å². The number of ether oxygens (including phenoxy) is 1. The summed E-state index contributed by atoms with van der Waals surface area (Å²) < 4.78 is 4.95. The summed E-state index contributed by atoms with van der Waals surface area (Å²) >= 11 is 0. The molecule has 0 aliphatic carbocycles. The van der Waals surface area contributed by atoms with E-state index in [1.807, 2.05) is 6.92 Å². The van der Waals surface area contributed by atoms with E-state index in [-0.39, 0.29) is 12.1 Å². The van der Waals surface area contributed by atoms with Crippen molar-refractivity contribution in [2.45, 2.75) is 32.0 Å². The van der Waals surface area contributed by atoms with E-state index in [0.29, 0.717) is 12.8 Å². The summed E-state index contributed by atoms with van der Waals surface area (Å²) in [6.45, 7) is 5.41. The highest BCUT2D eigenvalue weighted by molar-refractivity contribution is 5.75. The van der Waals surface area contributed by atoms with Gasteiger partial charge in [0, 0.05) is 0 Å². The van der Waals surface area contributed by atoms with E-state index < -0.39 is 12.0 Å². The van der Waals surface area contributed by atoms with E-state index in [2.05, 4.69) is 6.58 Å². The van der Waals surface area contributed by atoms with Gasteiger partial charge in [-0.25, -0.2) is 0 Å². The second-order valence-electron chi connectivity index (χ2n) is 3.01. The van der Waals surface area contributed by atoms with Gasteiger partial charge < -0.3 is 9.84 Å². The molecular weight excluding hydrogens is 156 g/mol. The molecule has 0 bridgehead atoms. The van der Waals surface area contributed by atoms with Crippen molar-refractivity contribution >= 4 is 5.97 Å². The molecule has 3 nitrogen and oxygen atoms in total. The van der Waals surface area contributed by atoms with E-state index in [9.17, 15) is 9.90 Å². The van der Waals surface area contributed by atoms with Crippen LogP contribution in [0.15, 0.2) is 12.7 Å².